The summed E-state index contributed by atoms with van der Waals surface area (Å²) in [6.45, 7) is 5.13. The average Bonchev–Trinajstić information content (AvgIpc) is 2.08. The lowest BCUT2D eigenvalue weighted by Crippen LogP contribution is -2.01. The molecule has 1 nitrogen and oxygen atoms in total. The molecule has 70 valence electrons. The monoisotopic (exact) mass is 180 g/mol. The summed E-state index contributed by atoms with van der Waals surface area (Å²) in [7, 11) is 0. The number of rotatable bonds is 2. The molecule has 0 aromatic heterocycles. The summed E-state index contributed by atoms with van der Waals surface area (Å²) in [6, 6.07) is 3.07. The van der Waals surface area contributed by atoms with Crippen LogP contribution in [0.3, 0.4) is 0 Å². The fourth-order valence-corrected chi connectivity index (χ4v) is 1.36. The molecule has 0 saturated heterocycles. The van der Waals surface area contributed by atoms with Crippen molar-refractivity contribution >= 4 is 5.78 Å². The summed E-state index contributed by atoms with van der Waals surface area (Å²) in [4.78, 5) is 11.1. The molecule has 0 spiro atoms. The van der Waals surface area contributed by atoms with Gasteiger partial charge in [-0.3, -0.25) is 4.79 Å². The van der Waals surface area contributed by atoms with E-state index in [1.165, 1.54) is 13.0 Å². The van der Waals surface area contributed by atoms with E-state index in [-0.39, 0.29) is 11.6 Å². The molecule has 1 aromatic rings. The summed E-state index contributed by atoms with van der Waals surface area (Å²) in [5.41, 5.74) is 2.03. The van der Waals surface area contributed by atoms with Crippen LogP contribution in [0.1, 0.15) is 35.3 Å². The Hall–Kier alpha value is -1.18. The number of carbonyl (C=O) groups is 1. The number of benzene rings is 1. The Bertz CT molecular complexity index is 342. The lowest BCUT2D eigenvalue weighted by atomic mass is 9.99. The minimum atomic E-state index is -0.303. The van der Waals surface area contributed by atoms with Gasteiger partial charge in [0.2, 0.25) is 0 Å². The van der Waals surface area contributed by atoms with Crippen LogP contribution >= 0.6 is 0 Å². The van der Waals surface area contributed by atoms with E-state index in [2.05, 4.69) is 0 Å². The third-order valence-electron chi connectivity index (χ3n) is 2.14. The zero-order valence-electron chi connectivity index (χ0n) is 8.15. The van der Waals surface area contributed by atoms with E-state index in [0.29, 0.717) is 11.1 Å². The lowest BCUT2D eigenvalue weighted by molar-refractivity contribution is 0.101. The van der Waals surface area contributed by atoms with Crippen molar-refractivity contribution in [3.8, 4) is 0 Å². The fourth-order valence-electron chi connectivity index (χ4n) is 1.36. The first kappa shape index (κ1) is 9.90. The van der Waals surface area contributed by atoms with Crippen molar-refractivity contribution in [2.24, 2.45) is 0 Å². The highest BCUT2D eigenvalue weighted by Crippen LogP contribution is 2.16. The lowest BCUT2D eigenvalue weighted by Gasteiger charge is -2.06. The summed E-state index contributed by atoms with van der Waals surface area (Å²) in [5, 5.41) is 0. The van der Waals surface area contributed by atoms with Gasteiger partial charge >= 0.3 is 0 Å². The minimum absolute atomic E-state index is 0.0734. The zero-order valence-corrected chi connectivity index (χ0v) is 8.15. The standard InChI is InChI=1S/C11H13FO/c1-4-9-5-7(2)11(12)6-10(9)8(3)13/h5-6H,4H2,1-3H3. The highest BCUT2D eigenvalue weighted by atomic mass is 19.1. The van der Waals surface area contributed by atoms with Gasteiger partial charge in [0.25, 0.3) is 0 Å². The second-order valence-corrected chi connectivity index (χ2v) is 3.17. The molecule has 0 bridgehead atoms. The van der Waals surface area contributed by atoms with E-state index in [9.17, 15) is 9.18 Å². The van der Waals surface area contributed by atoms with Crippen molar-refractivity contribution in [2.75, 3.05) is 0 Å². The maximum Gasteiger partial charge on any atom is 0.160 e. The van der Waals surface area contributed by atoms with Gasteiger partial charge in [0, 0.05) is 5.56 Å². The van der Waals surface area contributed by atoms with E-state index >= 15 is 0 Å². The third kappa shape index (κ3) is 1.94. The van der Waals surface area contributed by atoms with Crippen LogP contribution in [-0.4, -0.2) is 5.78 Å². The maximum absolute atomic E-state index is 13.1. The van der Waals surface area contributed by atoms with Gasteiger partial charge in [-0.1, -0.05) is 13.0 Å². The van der Waals surface area contributed by atoms with Crippen LogP contribution < -0.4 is 0 Å². The maximum atomic E-state index is 13.1. The van der Waals surface area contributed by atoms with Gasteiger partial charge in [0.15, 0.2) is 5.78 Å². The largest absolute Gasteiger partial charge is 0.294 e. The Morgan fingerprint density at radius 2 is 2.08 bits per heavy atom. The molecule has 0 aliphatic rings. The van der Waals surface area contributed by atoms with Crippen molar-refractivity contribution < 1.29 is 9.18 Å². The second-order valence-electron chi connectivity index (χ2n) is 3.17. The number of hydrogen-bond donors (Lipinski definition) is 0. The van der Waals surface area contributed by atoms with Gasteiger partial charge in [-0.15, -0.1) is 0 Å². The number of aryl methyl sites for hydroxylation is 2. The van der Waals surface area contributed by atoms with Crippen LogP contribution in [0.2, 0.25) is 0 Å². The van der Waals surface area contributed by atoms with Crippen molar-refractivity contribution in [3.63, 3.8) is 0 Å². The van der Waals surface area contributed by atoms with Crippen molar-refractivity contribution in [2.45, 2.75) is 27.2 Å². The van der Waals surface area contributed by atoms with Gasteiger partial charge in [0.05, 0.1) is 0 Å². The molecule has 0 atom stereocenters. The molecule has 2 heteroatoms. The molecule has 0 aliphatic heterocycles. The Morgan fingerprint density at radius 3 is 2.54 bits per heavy atom. The van der Waals surface area contributed by atoms with E-state index in [0.717, 1.165) is 12.0 Å². The number of ketones is 1. The van der Waals surface area contributed by atoms with E-state index in [1.807, 2.05) is 6.92 Å². The molecule has 0 saturated carbocycles. The average molecular weight is 180 g/mol. The van der Waals surface area contributed by atoms with Crippen molar-refractivity contribution in [1.82, 2.24) is 0 Å². The Balaban J connectivity index is 3.33. The number of Topliss-reactive ketones (excluding diaryl/α,β-unsaturated/α-hetero) is 1. The van der Waals surface area contributed by atoms with Gasteiger partial charge in [-0.2, -0.15) is 0 Å². The SMILES string of the molecule is CCc1cc(C)c(F)cc1C(C)=O. The Morgan fingerprint density at radius 1 is 1.46 bits per heavy atom. The molecule has 1 aromatic carbocycles. The Labute approximate surface area is 77.6 Å². The summed E-state index contributed by atoms with van der Waals surface area (Å²) >= 11 is 0. The van der Waals surface area contributed by atoms with E-state index < -0.39 is 0 Å². The molecular weight excluding hydrogens is 167 g/mol. The fraction of sp³-hybridized carbons (Fsp3) is 0.364. The molecule has 0 N–H and O–H groups in total. The van der Waals surface area contributed by atoms with Crippen LogP contribution in [0, 0.1) is 12.7 Å². The van der Waals surface area contributed by atoms with Crippen LogP contribution in [-0.2, 0) is 6.42 Å². The molecule has 0 amide bonds. The minimum Gasteiger partial charge on any atom is -0.294 e. The molecule has 13 heavy (non-hydrogen) atoms. The molecule has 0 fully saturated rings. The molecule has 0 aliphatic carbocycles. The second kappa shape index (κ2) is 3.69. The summed E-state index contributed by atoms with van der Waals surface area (Å²) in [6.07, 6.45) is 0.760. The zero-order chi connectivity index (χ0) is 10.0. The number of carbonyl (C=O) groups excluding carboxylic acids is 1. The highest BCUT2D eigenvalue weighted by Gasteiger charge is 2.09. The van der Waals surface area contributed by atoms with Crippen LogP contribution in [0.4, 0.5) is 4.39 Å². The molecule has 1 rings (SSSR count). The quantitative estimate of drug-likeness (QED) is 0.639. The summed E-state index contributed by atoms with van der Waals surface area (Å²) < 4.78 is 13.1. The summed E-state index contributed by atoms with van der Waals surface area (Å²) in [5.74, 6) is -0.377. The van der Waals surface area contributed by atoms with Gasteiger partial charge in [-0.05, 0) is 37.5 Å². The van der Waals surface area contributed by atoms with Crippen LogP contribution in [0.25, 0.3) is 0 Å². The van der Waals surface area contributed by atoms with Crippen molar-refractivity contribution in [3.05, 3.63) is 34.6 Å². The first-order valence-electron chi connectivity index (χ1n) is 4.36. The predicted octanol–water partition coefficient (Wildman–Crippen LogP) is 2.90. The normalized spacial score (nSPS) is 10.2. The number of halogens is 1. The van der Waals surface area contributed by atoms with Crippen LogP contribution in [0.5, 0.6) is 0 Å². The van der Waals surface area contributed by atoms with Crippen LogP contribution in [0.15, 0.2) is 12.1 Å². The molecule has 0 radical (unpaired) electrons. The molecular formula is C11H13FO. The smallest absolute Gasteiger partial charge is 0.160 e. The first-order valence-corrected chi connectivity index (χ1v) is 4.36. The van der Waals surface area contributed by atoms with Gasteiger partial charge < -0.3 is 0 Å². The first-order chi connectivity index (χ1) is 6.06. The van der Waals surface area contributed by atoms with Gasteiger partial charge in [0.1, 0.15) is 5.82 Å². The highest BCUT2D eigenvalue weighted by molar-refractivity contribution is 5.95. The Kier molecular flexibility index (Phi) is 2.81. The van der Waals surface area contributed by atoms with Gasteiger partial charge in [-0.25, -0.2) is 4.39 Å². The van der Waals surface area contributed by atoms with Crippen molar-refractivity contribution in [1.29, 1.82) is 0 Å². The van der Waals surface area contributed by atoms with E-state index in [1.54, 1.807) is 13.0 Å². The molecule has 0 heterocycles. The molecule has 0 unspecified atom stereocenters. The number of hydrogen-bond acceptors (Lipinski definition) is 1. The topological polar surface area (TPSA) is 17.1 Å². The predicted molar refractivity (Wildman–Crippen MR) is 50.5 cm³/mol. The van der Waals surface area contributed by atoms with E-state index in [4.69, 9.17) is 0 Å². The third-order valence-corrected chi connectivity index (χ3v) is 2.14.